The number of ether oxygens (including phenoxy) is 1. The van der Waals surface area contributed by atoms with Crippen LogP contribution < -0.4 is 4.74 Å². The Balaban J connectivity index is 2.35. The molecule has 2 rings (SSSR count). The van der Waals surface area contributed by atoms with Gasteiger partial charge in [-0.1, -0.05) is 45.4 Å². The van der Waals surface area contributed by atoms with Crippen molar-refractivity contribution in [2.75, 3.05) is 6.61 Å². The zero-order valence-corrected chi connectivity index (χ0v) is 12.2. The Morgan fingerprint density at radius 3 is 2.33 bits per heavy atom. The minimum atomic E-state index is 0.528. The van der Waals surface area contributed by atoms with Gasteiger partial charge in [0.25, 0.3) is 0 Å². The number of para-hydroxylation sites is 1. The van der Waals surface area contributed by atoms with Gasteiger partial charge in [-0.25, -0.2) is 0 Å². The first kappa shape index (κ1) is 13.5. The molecule has 1 fully saturated rings. The van der Waals surface area contributed by atoms with Gasteiger partial charge in [-0.3, -0.25) is 0 Å². The topological polar surface area (TPSA) is 9.23 Å². The van der Waals surface area contributed by atoms with Gasteiger partial charge in [-0.2, -0.15) is 0 Å². The van der Waals surface area contributed by atoms with Crippen molar-refractivity contribution >= 4 is 0 Å². The summed E-state index contributed by atoms with van der Waals surface area (Å²) in [5.41, 5.74) is 2.79. The summed E-state index contributed by atoms with van der Waals surface area (Å²) >= 11 is 0. The first-order valence-electron chi connectivity index (χ1n) is 7.40. The van der Waals surface area contributed by atoms with E-state index >= 15 is 0 Å². The Bertz CT molecular complexity index is 391. The van der Waals surface area contributed by atoms with Gasteiger partial charge in [-0.15, -0.1) is 0 Å². The number of rotatable bonds is 5. The smallest absolute Gasteiger partial charge is 0.126 e. The van der Waals surface area contributed by atoms with E-state index in [0.29, 0.717) is 11.8 Å². The van der Waals surface area contributed by atoms with E-state index in [2.05, 4.69) is 45.9 Å². The van der Waals surface area contributed by atoms with E-state index in [4.69, 9.17) is 4.74 Å². The molecule has 1 aromatic rings. The molecule has 0 N–H and O–H groups in total. The quantitative estimate of drug-likeness (QED) is 0.701. The fraction of sp³-hybridized carbons (Fsp3) is 0.647. The van der Waals surface area contributed by atoms with Gasteiger partial charge in [-0.05, 0) is 48.6 Å². The van der Waals surface area contributed by atoms with Gasteiger partial charge in [0, 0.05) is 0 Å². The third-order valence-electron chi connectivity index (χ3n) is 4.33. The van der Waals surface area contributed by atoms with Crippen LogP contribution in [0.4, 0.5) is 0 Å². The molecule has 18 heavy (non-hydrogen) atoms. The van der Waals surface area contributed by atoms with Gasteiger partial charge in [0.2, 0.25) is 0 Å². The van der Waals surface area contributed by atoms with Crippen molar-refractivity contribution in [2.24, 2.45) is 5.92 Å². The van der Waals surface area contributed by atoms with Crippen LogP contribution in [0.5, 0.6) is 5.75 Å². The second kappa shape index (κ2) is 5.77. The molecule has 0 spiro atoms. The third kappa shape index (κ3) is 2.55. The Hall–Kier alpha value is -0.980. The molecule has 0 amide bonds. The summed E-state index contributed by atoms with van der Waals surface area (Å²) in [5.74, 6) is 3.19. The lowest BCUT2D eigenvalue weighted by molar-refractivity contribution is 0.262. The predicted molar refractivity (Wildman–Crippen MR) is 77.5 cm³/mol. The monoisotopic (exact) mass is 246 g/mol. The van der Waals surface area contributed by atoms with Crippen molar-refractivity contribution in [3.63, 3.8) is 0 Å². The van der Waals surface area contributed by atoms with Crippen LogP contribution in [-0.4, -0.2) is 6.61 Å². The summed E-state index contributed by atoms with van der Waals surface area (Å²) < 4.78 is 5.97. The maximum absolute atomic E-state index is 5.97. The highest BCUT2D eigenvalue weighted by Crippen LogP contribution is 2.43. The van der Waals surface area contributed by atoms with E-state index < -0.39 is 0 Å². The summed E-state index contributed by atoms with van der Waals surface area (Å²) in [6.45, 7) is 9.69. The van der Waals surface area contributed by atoms with Crippen LogP contribution in [-0.2, 0) is 0 Å². The highest BCUT2D eigenvalue weighted by atomic mass is 16.5. The van der Waals surface area contributed by atoms with Crippen LogP contribution in [0.25, 0.3) is 0 Å². The molecule has 0 saturated heterocycles. The Morgan fingerprint density at radius 1 is 1.17 bits per heavy atom. The molecule has 1 aliphatic carbocycles. The molecular formula is C17H26O. The zero-order chi connectivity index (χ0) is 13.1. The lowest BCUT2D eigenvalue weighted by Gasteiger charge is -2.33. The van der Waals surface area contributed by atoms with Crippen LogP contribution in [0.15, 0.2) is 18.2 Å². The van der Waals surface area contributed by atoms with E-state index in [1.54, 1.807) is 0 Å². The summed E-state index contributed by atoms with van der Waals surface area (Å²) in [5, 5.41) is 0. The van der Waals surface area contributed by atoms with Gasteiger partial charge < -0.3 is 4.74 Å². The van der Waals surface area contributed by atoms with Crippen LogP contribution in [0, 0.1) is 5.92 Å². The van der Waals surface area contributed by atoms with Gasteiger partial charge in [0.05, 0.1) is 6.61 Å². The SMILES string of the molecule is CCOc1c(C(C)C)cccc1[C@H](C)C1CCC1. The second-order valence-corrected chi connectivity index (χ2v) is 5.83. The minimum Gasteiger partial charge on any atom is -0.493 e. The van der Waals surface area contributed by atoms with Crippen molar-refractivity contribution in [3.05, 3.63) is 29.3 Å². The average molecular weight is 246 g/mol. The Labute approximate surface area is 112 Å². The average Bonchev–Trinajstić information content (AvgIpc) is 2.26. The first-order chi connectivity index (χ1) is 8.65. The molecule has 100 valence electrons. The van der Waals surface area contributed by atoms with Crippen molar-refractivity contribution in [1.82, 2.24) is 0 Å². The highest BCUT2D eigenvalue weighted by Gasteiger charge is 2.28. The molecule has 0 bridgehead atoms. The molecule has 1 saturated carbocycles. The largest absolute Gasteiger partial charge is 0.493 e. The van der Waals surface area contributed by atoms with Crippen molar-refractivity contribution in [3.8, 4) is 5.75 Å². The molecule has 0 aromatic heterocycles. The van der Waals surface area contributed by atoms with E-state index in [0.717, 1.165) is 18.3 Å². The van der Waals surface area contributed by atoms with E-state index in [1.807, 2.05) is 0 Å². The second-order valence-electron chi connectivity index (χ2n) is 5.83. The Kier molecular flexibility index (Phi) is 4.31. The van der Waals surface area contributed by atoms with Crippen LogP contribution in [0.2, 0.25) is 0 Å². The molecule has 1 nitrogen and oxygen atoms in total. The highest BCUT2D eigenvalue weighted by molar-refractivity contribution is 5.45. The predicted octanol–water partition coefficient (Wildman–Crippen LogP) is 5.11. The van der Waals surface area contributed by atoms with Crippen LogP contribution in [0.1, 0.15) is 69.9 Å². The molecule has 0 radical (unpaired) electrons. The van der Waals surface area contributed by atoms with Crippen LogP contribution in [0.3, 0.4) is 0 Å². The molecule has 1 atom stereocenters. The van der Waals surface area contributed by atoms with E-state index in [1.165, 1.54) is 30.4 Å². The molecule has 1 heteroatoms. The maximum Gasteiger partial charge on any atom is 0.126 e. The molecule has 0 aliphatic heterocycles. The number of benzene rings is 1. The fourth-order valence-electron chi connectivity index (χ4n) is 2.89. The standard InChI is InChI=1S/C17H26O/c1-5-18-17-15(12(2)3)10-7-11-16(17)13(4)14-8-6-9-14/h7,10-14H,5-6,8-9H2,1-4H3/t13-/m1/s1. The molecular weight excluding hydrogens is 220 g/mol. The first-order valence-corrected chi connectivity index (χ1v) is 7.40. The lowest BCUT2D eigenvalue weighted by atomic mass is 9.73. The van der Waals surface area contributed by atoms with Crippen molar-refractivity contribution in [2.45, 2.75) is 58.8 Å². The number of hydrogen-bond donors (Lipinski definition) is 0. The number of hydrogen-bond acceptors (Lipinski definition) is 1. The summed E-state index contributed by atoms with van der Waals surface area (Å²) in [4.78, 5) is 0. The Morgan fingerprint density at radius 2 is 1.83 bits per heavy atom. The van der Waals surface area contributed by atoms with Gasteiger partial charge >= 0.3 is 0 Å². The zero-order valence-electron chi connectivity index (χ0n) is 12.2. The molecule has 1 aliphatic rings. The molecule has 0 heterocycles. The normalized spacial score (nSPS) is 17.6. The molecule has 1 aromatic carbocycles. The minimum absolute atomic E-state index is 0.528. The summed E-state index contributed by atoms with van der Waals surface area (Å²) in [7, 11) is 0. The van der Waals surface area contributed by atoms with Crippen molar-refractivity contribution in [1.29, 1.82) is 0 Å². The third-order valence-corrected chi connectivity index (χ3v) is 4.33. The van der Waals surface area contributed by atoms with E-state index in [9.17, 15) is 0 Å². The summed E-state index contributed by atoms with van der Waals surface area (Å²) in [6.07, 6.45) is 4.18. The lowest BCUT2D eigenvalue weighted by Crippen LogP contribution is -2.19. The fourth-order valence-corrected chi connectivity index (χ4v) is 2.89. The maximum atomic E-state index is 5.97. The van der Waals surface area contributed by atoms with Gasteiger partial charge in [0.1, 0.15) is 5.75 Å². The summed E-state index contributed by atoms with van der Waals surface area (Å²) in [6, 6.07) is 6.68. The van der Waals surface area contributed by atoms with Crippen LogP contribution >= 0.6 is 0 Å². The molecule has 0 unspecified atom stereocenters. The van der Waals surface area contributed by atoms with Gasteiger partial charge in [0.15, 0.2) is 0 Å². The van der Waals surface area contributed by atoms with E-state index in [-0.39, 0.29) is 0 Å². The van der Waals surface area contributed by atoms with Crippen molar-refractivity contribution < 1.29 is 4.74 Å².